The highest BCUT2D eigenvalue weighted by atomic mass is 16.6. The summed E-state index contributed by atoms with van der Waals surface area (Å²) in [6.45, 7) is 1.80. The van der Waals surface area contributed by atoms with Gasteiger partial charge < -0.3 is 9.64 Å². The highest BCUT2D eigenvalue weighted by molar-refractivity contribution is 5.94. The molecule has 1 amide bonds. The fourth-order valence-electron chi connectivity index (χ4n) is 2.78. The molecule has 0 radical (unpaired) electrons. The van der Waals surface area contributed by atoms with Crippen LogP contribution in [0.1, 0.15) is 40.9 Å². The fraction of sp³-hybridized carbons (Fsp3) is 0.263. The molecule has 2 atom stereocenters. The van der Waals surface area contributed by atoms with Crippen LogP contribution in [0.5, 0.6) is 0 Å². The minimum absolute atomic E-state index is 0.119. The average Bonchev–Trinajstić information content (AvgIpc) is 3.11. The van der Waals surface area contributed by atoms with Crippen LogP contribution in [0.15, 0.2) is 54.5 Å². The fourth-order valence-corrected chi connectivity index (χ4v) is 2.78. The van der Waals surface area contributed by atoms with Crippen molar-refractivity contribution < 1.29 is 26.1 Å². The molecule has 1 fully saturated rings. The summed E-state index contributed by atoms with van der Waals surface area (Å²) in [5.41, 5.74) is -0.477. The van der Waals surface area contributed by atoms with Gasteiger partial charge in [0, 0.05) is 30.7 Å². The van der Waals surface area contributed by atoms with Crippen LogP contribution in [0.3, 0.4) is 0 Å². The molecule has 1 aliphatic rings. The Balaban J connectivity index is 1.77. The maximum atomic E-state index is 13.0. The van der Waals surface area contributed by atoms with Crippen molar-refractivity contribution in [3.63, 3.8) is 0 Å². The largest absolute Gasteiger partial charge is 0.457 e. The smallest absolute Gasteiger partial charge is 0.338 e. The molecule has 0 aromatic heterocycles. The molecule has 2 aromatic carbocycles. The quantitative estimate of drug-likeness (QED) is 0.475. The monoisotopic (exact) mass is 359 g/mol. The van der Waals surface area contributed by atoms with Crippen LogP contribution in [0.2, 0.25) is 0 Å². The summed E-state index contributed by atoms with van der Waals surface area (Å²) in [5.74, 6) is -1.44. The third kappa shape index (κ3) is 3.56. The van der Waals surface area contributed by atoms with Gasteiger partial charge in [0.1, 0.15) is 6.10 Å². The van der Waals surface area contributed by atoms with Gasteiger partial charge in [-0.1, -0.05) is 18.1 Å². The molecular formula is C19H18N2O5. The summed E-state index contributed by atoms with van der Waals surface area (Å²) in [6, 6.07) is 1.35. The second-order valence-electron chi connectivity index (χ2n) is 5.78. The van der Waals surface area contributed by atoms with E-state index in [2.05, 4.69) is 0 Å². The van der Waals surface area contributed by atoms with Crippen LogP contribution in [-0.4, -0.2) is 40.4 Å². The van der Waals surface area contributed by atoms with Crippen molar-refractivity contribution in [1.29, 1.82) is 0 Å². The zero-order valence-corrected chi connectivity index (χ0v) is 13.8. The molecule has 134 valence electrons. The third-order valence-electron chi connectivity index (χ3n) is 4.23. The first-order valence-corrected chi connectivity index (χ1v) is 7.88. The second-order valence-corrected chi connectivity index (χ2v) is 5.78. The molecule has 0 aliphatic carbocycles. The summed E-state index contributed by atoms with van der Waals surface area (Å²) in [7, 11) is 0. The van der Waals surface area contributed by atoms with Crippen LogP contribution in [0.25, 0.3) is 0 Å². The van der Waals surface area contributed by atoms with E-state index in [1.54, 1.807) is 6.92 Å². The molecule has 7 nitrogen and oxygen atoms in total. The number of non-ortho nitro benzene ring substituents is 1. The Morgan fingerprint density at radius 2 is 1.85 bits per heavy atom. The van der Waals surface area contributed by atoms with Crippen LogP contribution < -0.4 is 0 Å². The number of nitro groups is 1. The topological polar surface area (TPSA) is 89.8 Å². The van der Waals surface area contributed by atoms with Crippen molar-refractivity contribution in [3.8, 4) is 0 Å². The number of likely N-dealkylation sites (tertiary alicyclic amines) is 1. The number of carbonyl (C=O) groups is 2. The maximum absolute atomic E-state index is 13.0. The number of hydrogen-bond donors (Lipinski definition) is 0. The summed E-state index contributed by atoms with van der Waals surface area (Å²) in [6.07, 6.45) is -0.388. The van der Waals surface area contributed by atoms with Crippen molar-refractivity contribution in [1.82, 2.24) is 4.90 Å². The Morgan fingerprint density at radius 1 is 1.19 bits per heavy atom. The van der Waals surface area contributed by atoms with E-state index in [1.807, 2.05) is 0 Å². The predicted molar refractivity (Wildman–Crippen MR) is 93.9 cm³/mol. The van der Waals surface area contributed by atoms with E-state index in [0.29, 0.717) is 6.42 Å². The Morgan fingerprint density at radius 3 is 2.46 bits per heavy atom. The van der Waals surface area contributed by atoms with Gasteiger partial charge in [-0.05, 0) is 31.1 Å². The Bertz CT molecular complexity index is 1050. The number of hydrogen-bond acceptors (Lipinski definition) is 5. The molecule has 0 unspecified atom stereocenters. The number of ether oxygens (including phenoxy) is 1. The number of carbonyl (C=O) groups excluding carboxylic acids is 2. The summed E-state index contributed by atoms with van der Waals surface area (Å²) in [4.78, 5) is 36.8. The molecule has 1 aliphatic heterocycles. The van der Waals surface area contributed by atoms with Gasteiger partial charge >= 0.3 is 5.97 Å². The van der Waals surface area contributed by atoms with E-state index in [4.69, 9.17) is 11.6 Å². The van der Waals surface area contributed by atoms with Gasteiger partial charge in [0.25, 0.3) is 11.6 Å². The van der Waals surface area contributed by atoms with Crippen LogP contribution in [0.4, 0.5) is 5.69 Å². The Kier molecular flexibility index (Phi) is 3.44. The van der Waals surface area contributed by atoms with E-state index in [9.17, 15) is 19.7 Å². The number of amides is 1. The molecule has 1 saturated heterocycles. The van der Waals surface area contributed by atoms with Gasteiger partial charge in [-0.3, -0.25) is 14.9 Å². The highest BCUT2D eigenvalue weighted by Crippen LogP contribution is 2.24. The van der Waals surface area contributed by atoms with Crippen molar-refractivity contribution in [2.45, 2.75) is 25.5 Å². The minimum atomic E-state index is -0.738. The Labute approximate surface area is 157 Å². The molecule has 0 saturated carbocycles. The molecule has 1 heterocycles. The first-order valence-electron chi connectivity index (χ1n) is 10.4. The van der Waals surface area contributed by atoms with E-state index >= 15 is 0 Å². The molecule has 26 heavy (non-hydrogen) atoms. The van der Waals surface area contributed by atoms with E-state index in [0.717, 1.165) is 0 Å². The molecule has 7 heteroatoms. The van der Waals surface area contributed by atoms with Crippen molar-refractivity contribution in [3.05, 3.63) is 75.7 Å². The summed E-state index contributed by atoms with van der Waals surface area (Å²) in [5, 5.41) is 10.7. The number of esters is 1. The average molecular weight is 359 g/mol. The lowest BCUT2D eigenvalue weighted by Gasteiger charge is -2.24. The zero-order valence-electron chi connectivity index (χ0n) is 18.8. The number of benzene rings is 2. The van der Waals surface area contributed by atoms with Gasteiger partial charge in [-0.25, -0.2) is 4.79 Å². The van der Waals surface area contributed by atoms with Crippen LogP contribution in [0, 0.1) is 10.1 Å². The van der Waals surface area contributed by atoms with Crippen LogP contribution in [-0.2, 0) is 4.74 Å². The molecule has 0 N–H and O–H groups in total. The second kappa shape index (κ2) is 7.35. The lowest BCUT2D eigenvalue weighted by Crippen LogP contribution is -2.38. The van der Waals surface area contributed by atoms with Crippen molar-refractivity contribution in [2.24, 2.45) is 0 Å². The molecule has 0 bridgehead atoms. The van der Waals surface area contributed by atoms with Crippen molar-refractivity contribution in [2.75, 3.05) is 6.54 Å². The van der Waals surface area contributed by atoms with E-state index < -0.39 is 64.7 Å². The lowest BCUT2D eigenvalue weighted by atomic mass is 10.1. The normalized spacial score (nSPS) is 21.9. The minimum Gasteiger partial charge on any atom is -0.457 e. The standard InChI is InChI=1S/C19H18N2O5/c1-13-17(11-12-20(13)18(22)14-5-3-2-4-6-14)26-19(23)15-7-9-16(10-8-15)21(24)25/h2-10,13,17H,11-12H2,1H3/t13-,17+/m0/s1/i2D,3D,4D,5D,6D. The van der Waals surface area contributed by atoms with E-state index in [1.165, 1.54) is 29.2 Å². The van der Waals surface area contributed by atoms with Gasteiger partial charge in [0.05, 0.1) is 23.4 Å². The summed E-state index contributed by atoms with van der Waals surface area (Å²) >= 11 is 0. The van der Waals surface area contributed by atoms with E-state index in [-0.39, 0.29) is 17.8 Å². The predicted octanol–water partition coefficient (Wildman–Crippen LogP) is 3.05. The molecular weight excluding hydrogens is 336 g/mol. The first-order chi connectivity index (χ1) is 14.5. The van der Waals surface area contributed by atoms with Gasteiger partial charge in [0.15, 0.2) is 0 Å². The third-order valence-corrected chi connectivity index (χ3v) is 4.23. The summed E-state index contributed by atoms with van der Waals surface area (Å²) < 4.78 is 44.5. The van der Waals surface area contributed by atoms with Crippen molar-refractivity contribution >= 4 is 17.6 Å². The molecule has 3 rings (SSSR count). The highest BCUT2D eigenvalue weighted by Gasteiger charge is 2.36. The molecule has 2 aromatic rings. The lowest BCUT2D eigenvalue weighted by molar-refractivity contribution is -0.384. The van der Waals surface area contributed by atoms with Gasteiger partial charge in [-0.2, -0.15) is 0 Å². The SMILES string of the molecule is [2H]c1c([2H])c([2H])c(C(=O)N2CC[C@@H](OC(=O)c3ccc([N+](=O)[O-])cc3)[C@@H]2C)c([2H])c1[2H]. The Hall–Kier alpha value is -3.22. The van der Waals surface area contributed by atoms with Gasteiger partial charge in [-0.15, -0.1) is 0 Å². The molecule has 0 spiro atoms. The number of nitrogens with zero attached hydrogens (tertiary/aromatic N) is 2. The zero-order chi connectivity index (χ0) is 23.0. The van der Waals surface area contributed by atoms with Gasteiger partial charge in [0.2, 0.25) is 0 Å². The first kappa shape index (κ1) is 12.2. The number of rotatable bonds is 4. The van der Waals surface area contributed by atoms with Crippen LogP contribution >= 0.6 is 0 Å². The number of nitro benzene ring substituents is 1. The maximum Gasteiger partial charge on any atom is 0.338 e.